The summed E-state index contributed by atoms with van der Waals surface area (Å²) < 4.78 is 11.0. The van der Waals surface area contributed by atoms with Gasteiger partial charge in [-0.15, -0.1) is 0 Å². The number of carbonyl (C=O) groups is 2. The monoisotopic (exact) mass is 416 g/mol. The van der Waals surface area contributed by atoms with Gasteiger partial charge >= 0.3 is 0 Å². The number of ether oxygens (including phenoxy) is 2. The summed E-state index contributed by atoms with van der Waals surface area (Å²) in [5.41, 5.74) is 2.92. The van der Waals surface area contributed by atoms with Crippen LogP contribution in [0.15, 0.2) is 36.4 Å². The standard InChI is InChI=1S/C22H25ClN2O4/c1-14-10-19(11-15(2)21(14)23)29-13-20(26)25-17-7-5-16(6-8-17)22(27)24-12-18-4-3-9-28-18/h5-8,10-11,18H,3-4,9,12-13H2,1-2H3,(H,24,27)(H,25,26). The van der Waals surface area contributed by atoms with E-state index in [0.29, 0.717) is 28.6 Å². The topological polar surface area (TPSA) is 76.7 Å². The lowest BCUT2D eigenvalue weighted by atomic mass is 10.1. The summed E-state index contributed by atoms with van der Waals surface area (Å²) >= 11 is 6.14. The molecule has 1 aliphatic heterocycles. The molecule has 0 radical (unpaired) electrons. The first-order chi connectivity index (χ1) is 13.9. The maximum absolute atomic E-state index is 12.2. The van der Waals surface area contributed by atoms with Crippen LogP contribution in [0.2, 0.25) is 5.02 Å². The number of aryl methyl sites for hydroxylation is 2. The smallest absolute Gasteiger partial charge is 0.262 e. The average Bonchev–Trinajstić information content (AvgIpc) is 3.23. The van der Waals surface area contributed by atoms with Crippen molar-refractivity contribution in [2.45, 2.75) is 32.8 Å². The molecule has 0 bridgehead atoms. The second kappa shape index (κ2) is 9.76. The molecule has 3 rings (SSSR count). The second-order valence-electron chi connectivity index (χ2n) is 7.13. The van der Waals surface area contributed by atoms with E-state index in [1.807, 2.05) is 13.8 Å². The molecule has 154 valence electrons. The quantitative estimate of drug-likeness (QED) is 0.718. The van der Waals surface area contributed by atoms with Gasteiger partial charge in [0.05, 0.1) is 6.10 Å². The Labute approximate surface area is 175 Å². The summed E-state index contributed by atoms with van der Waals surface area (Å²) in [6, 6.07) is 10.3. The van der Waals surface area contributed by atoms with Gasteiger partial charge in [-0.1, -0.05) is 11.6 Å². The molecule has 1 saturated heterocycles. The zero-order chi connectivity index (χ0) is 20.8. The van der Waals surface area contributed by atoms with E-state index >= 15 is 0 Å². The highest BCUT2D eigenvalue weighted by molar-refractivity contribution is 6.32. The van der Waals surface area contributed by atoms with Gasteiger partial charge in [-0.3, -0.25) is 9.59 Å². The normalized spacial score (nSPS) is 15.8. The van der Waals surface area contributed by atoms with E-state index in [0.717, 1.165) is 30.6 Å². The van der Waals surface area contributed by atoms with Gasteiger partial charge in [-0.25, -0.2) is 0 Å². The van der Waals surface area contributed by atoms with Crippen molar-refractivity contribution >= 4 is 29.1 Å². The molecule has 2 N–H and O–H groups in total. The van der Waals surface area contributed by atoms with E-state index in [1.54, 1.807) is 36.4 Å². The number of amides is 2. The Balaban J connectivity index is 1.47. The largest absolute Gasteiger partial charge is 0.484 e. The molecule has 7 heteroatoms. The van der Waals surface area contributed by atoms with E-state index in [-0.39, 0.29) is 24.5 Å². The van der Waals surface area contributed by atoms with Gasteiger partial charge in [0, 0.05) is 29.4 Å². The van der Waals surface area contributed by atoms with Gasteiger partial charge < -0.3 is 20.1 Å². The van der Waals surface area contributed by atoms with Gasteiger partial charge in [-0.05, 0) is 74.2 Å². The molecule has 0 spiro atoms. The molecule has 0 aliphatic carbocycles. The minimum Gasteiger partial charge on any atom is -0.484 e. The van der Waals surface area contributed by atoms with Crippen LogP contribution in [0.1, 0.15) is 34.3 Å². The maximum atomic E-state index is 12.2. The lowest BCUT2D eigenvalue weighted by Crippen LogP contribution is -2.31. The molecular weight excluding hydrogens is 392 g/mol. The van der Waals surface area contributed by atoms with E-state index in [4.69, 9.17) is 21.1 Å². The van der Waals surface area contributed by atoms with Gasteiger partial charge in [-0.2, -0.15) is 0 Å². The highest BCUT2D eigenvalue weighted by Crippen LogP contribution is 2.25. The number of anilines is 1. The van der Waals surface area contributed by atoms with Crippen molar-refractivity contribution in [3.8, 4) is 5.75 Å². The fourth-order valence-electron chi connectivity index (χ4n) is 3.15. The Hall–Kier alpha value is -2.57. The molecule has 6 nitrogen and oxygen atoms in total. The first-order valence-corrected chi connectivity index (χ1v) is 9.99. The number of hydrogen-bond donors (Lipinski definition) is 2. The van der Waals surface area contributed by atoms with E-state index in [9.17, 15) is 9.59 Å². The molecule has 0 aromatic heterocycles. The second-order valence-corrected chi connectivity index (χ2v) is 7.51. The van der Waals surface area contributed by atoms with Crippen LogP contribution in [0.3, 0.4) is 0 Å². The van der Waals surface area contributed by atoms with Crippen molar-refractivity contribution in [1.29, 1.82) is 0 Å². The van der Waals surface area contributed by atoms with Gasteiger partial charge in [0.2, 0.25) is 0 Å². The third-order valence-corrected chi connectivity index (χ3v) is 5.32. The Morgan fingerprint density at radius 3 is 2.48 bits per heavy atom. The average molecular weight is 417 g/mol. The molecule has 1 unspecified atom stereocenters. The van der Waals surface area contributed by atoms with Gasteiger partial charge in [0.1, 0.15) is 5.75 Å². The summed E-state index contributed by atoms with van der Waals surface area (Å²) in [7, 11) is 0. The molecule has 2 amide bonds. The molecule has 29 heavy (non-hydrogen) atoms. The summed E-state index contributed by atoms with van der Waals surface area (Å²) in [5, 5.41) is 6.32. The van der Waals surface area contributed by atoms with Crippen LogP contribution < -0.4 is 15.4 Å². The first-order valence-electron chi connectivity index (χ1n) is 9.61. The summed E-state index contributed by atoms with van der Waals surface area (Å²) in [5.74, 6) is 0.152. The predicted octanol–water partition coefficient (Wildman–Crippen LogP) is 3.88. The number of carbonyl (C=O) groups excluding carboxylic acids is 2. The fraction of sp³-hybridized carbons (Fsp3) is 0.364. The number of halogens is 1. The lowest BCUT2D eigenvalue weighted by Gasteiger charge is -2.12. The molecule has 0 saturated carbocycles. The molecule has 2 aromatic rings. The Bertz CT molecular complexity index is 854. The van der Waals surface area contributed by atoms with Crippen molar-refractivity contribution in [1.82, 2.24) is 5.32 Å². The molecular formula is C22H25ClN2O4. The third kappa shape index (κ3) is 5.95. The van der Waals surface area contributed by atoms with E-state index < -0.39 is 0 Å². The Morgan fingerprint density at radius 1 is 1.17 bits per heavy atom. The highest BCUT2D eigenvalue weighted by atomic mass is 35.5. The van der Waals surface area contributed by atoms with Crippen LogP contribution in [0, 0.1) is 13.8 Å². The van der Waals surface area contributed by atoms with Crippen LogP contribution in [0.4, 0.5) is 5.69 Å². The van der Waals surface area contributed by atoms with Crippen LogP contribution >= 0.6 is 11.6 Å². The number of nitrogens with one attached hydrogen (secondary N) is 2. The maximum Gasteiger partial charge on any atom is 0.262 e. The minimum atomic E-state index is -0.286. The van der Waals surface area contributed by atoms with Crippen molar-refractivity contribution in [3.63, 3.8) is 0 Å². The first kappa shape index (κ1) is 21.1. The number of hydrogen-bond acceptors (Lipinski definition) is 4. The van der Waals surface area contributed by atoms with Crippen LogP contribution in [-0.2, 0) is 9.53 Å². The molecule has 1 aliphatic rings. The van der Waals surface area contributed by atoms with E-state index in [1.165, 1.54) is 0 Å². The Kier molecular flexibility index (Phi) is 7.12. The van der Waals surface area contributed by atoms with Crippen LogP contribution in [-0.4, -0.2) is 37.7 Å². The van der Waals surface area contributed by atoms with Crippen LogP contribution in [0.25, 0.3) is 0 Å². The SMILES string of the molecule is Cc1cc(OCC(=O)Nc2ccc(C(=O)NCC3CCCO3)cc2)cc(C)c1Cl. The van der Waals surface area contributed by atoms with Crippen LogP contribution in [0.5, 0.6) is 5.75 Å². The van der Waals surface area contributed by atoms with E-state index in [2.05, 4.69) is 10.6 Å². The van der Waals surface area contributed by atoms with Crippen molar-refractivity contribution in [3.05, 3.63) is 58.1 Å². The Morgan fingerprint density at radius 2 is 1.86 bits per heavy atom. The molecule has 1 atom stereocenters. The molecule has 2 aromatic carbocycles. The summed E-state index contributed by atoms with van der Waals surface area (Å²) in [6.45, 7) is 4.93. The lowest BCUT2D eigenvalue weighted by molar-refractivity contribution is -0.118. The van der Waals surface area contributed by atoms with Crippen molar-refractivity contribution < 1.29 is 19.1 Å². The fourth-order valence-corrected chi connectivity index (χ4v) is 3.26. The third-order valence-electron chi connectivity index (χ3n) is 4.73. The number of rotatable bonds is 7. The number of benzene rings is 2. The van der Waals surface area contributed by atoms with Crippen molar-refractivity contribution in [2.75, 3.05) is 25.1 Å². The van der Waals surface area contributed by atoms with Gasteiger partial charge in [0.15, 0.2) is 6.61 Å². The molecule has 1 heterocycles. The molecule has 1 fully saturated rings. The van der Waals surface area contributed by atoms with Crippen molar-refractivity contribution in [2.24, 2.45) is 0 Å². The zero-order valence-corrected chi connectivity index (χ0v) is 17.3. The predicted molar refractivity (Wildman–Crippen MR) is 113 cm³/mol. The summed E-state index contributed by atoms with van der Waals surface area (Å²) in [4.78, 5) is 24.3. The summed E-state index contributed by atoms with van der Waals surface area (Å²) in [6.07, 6.45) is 2.11. The minimum absolute atomic E-state index is 0.103. The highest BCUT2D eigenvalue weighted by Gasteiger charge is 2.16. The van der Waals surface area contributed by atoms with Gasteiger partial charge in [0.25, 0.3) is 11.8 Å². The zero-order valence-electron chi connectivity index (χ0n) is 16.6.